The lowest BCUT2D eigenvalue weighted by atomic mass is 9.76. The van der Waals surface area contributed by atoms with Gasteiger partial charge in [-0.25, -0.2) is 4.98 Å². The fourth-order valence-corrected chi connectivity index (χ4v) is 4.20. The smallest absolute Gasteiger partial charge is 0.119 e. The minimum absolute atomic E-state index is 0.151. The van der Waals surface area contributed by atoms with E-state index < -0.39 is 0 Å². The number of ether oxygens (including phenoxy) is 1. The molecule has 1 N–H and O–H groups in total. The van der Waals surface area contributed by atoms with Gasteiger partial charge in [-0.3, -0.25) is 5.32 Å². The van der Waals surface area contributed by atoms with Crippen molar-refractivity contribution in [1.29, 1.82) is 0 Å². The van der Waals surface area contributed by atoms with E-state index in [1.54, 1.807) is 18.4 Å². The standard InChI is InChI=1S/C17H22N2OS/c1-12(2)19-17(16-18-9-10-21-16)8-4-5-13-11-14(20-3)6-7-15(13)17/h6-7,9-12,19H,4-5,8H2,1-3H3. The van der Waals surface area contributed by atoms with Crippen molar-refractivity contribution in [2.24, 2.45) is 0 Å². The van der Waals surface area contributed by atoms with Crippen molar-refractivity contribution in [3.63, 3.8) is 0 Å². The van der Waals surface area contributed by atoms with Crippen LogP contribution in [0.4, 0.5) is 0 Å². The molecule has 1 aliphatic carbocycles. The monoisotopic (exact) mass is 302 g/mol. The van der Waals surface area contributed by atoms with Gasteiger partial charge < -0.3 is 4.74 Å². The Morgan fingerprint density at radius 2 is 2.24 bits per heavy atom. The zero-order valence-corrected chi connectivity index (χ0v) is 13.7. The fourth-order valence-electron chi connectivity index (χ4n) is 3.36. The highest BCUT2D eigenvalue weighted by Crippen LogP contribution is 2.42. The van der Waals surface area contributed by atoms with Crippen LogP contribution in [0.2, 0.25) is 0 Å². The summed E-state index contributed by atoms with van der Waals surface area (Å²) in [6.07, 6.45) is 5.28. The van der Waals surface area contributed by atoms with Crippen molar-refractivity contribution in [2.45, 2.75) is 44.7 Å². The topological polar surface area (TPSA) is 34.1 Å². The average molecular weight is 302 g/mol. The van der Waals surface area contributed by atoms with Crippen molar-refractivity contribution in [3.8, 4) is 5.75 Å². The third kappa shape index (κ3) is 2.58. The molecule has 1 aromatic heterocycles. The number of nitrogens with zero attached hydrogens (tertiary/aromatic N) is 1. The Hall–Kier alpha value is -1.39. The van der Waals surface area contributed by atoms with Crippen molar-refractivity contribution < 1.29 is 4.74 Å². The number of aromatic nitrogens is 1. The number of rotatable bonds is 4. The van der Waals surface area contributed by atoms with Gasteiger partial charge in [-0.15, -0.1) is 11.3 Å². The van der Waals surface area contributed by atoms with Gasteiger partial charge in [0.05, 0.1) is 12.6 Å². The lowest BCUT2D eigenvalue weighted by Gasteiger charge is -2.40. The molecule has 1 atom stereocenters. The molecule has 0 bridgehead atoms. The highest BCUT2D eigenvalue weighted by atomic mass is 32.1. The number of methoxy groups -OCH3 is 1. The third-order valence-electron chi connectivity index (χ3n) is 4.10. The van der Waals surface area contributed by atoms with Gasteiger partial charge in [-0.1, -0.05) is 6.07 Å². The molecule has 3 rings (SSSR count). The fraction of sp³-hybridized carbons (Fsp3) is 0.471. The van der Waals surface area contributed by atoms with Crippen LogP contribution in [0.3, 0.4) is 0 Å². The second-order valence-corrected chi connectivity index (χ2v) is 6.81. The van der Waals surface area contributed by atoms with E-state index in [0.29, 0.717) is 6.04 Å². The van der Waals surface area contributed by atoms with Gasteiger partial charge in [0.2, 0.25) is 0 Å². The molecular formula is C17H22N2OS. The first kappa shape index (κ1) is 14.5. The molecule has 112 valence electrons. The first-order valence-electron chi connectivity index (χ1n) is 7.51. The summed E-state index contributed by atoms with van der Waals surface area (Å²) in [5, 5.41) is 7.03. The van der Waals surface area contributed by atoms with Gasteiger partial charge in [0, 0.05) is 17.6 Å². The minimum atomic E-state index is -0.151. The summed E-state index contributed by atoms with van der Waals surface area (Å²) < 4.78 is 5.39. The van der Waals surface area contributed by atoms with Gasteiger partial charge in [-0.2, -0.15) is 0 Å². The Kier molecular flexibility index (Phi) is 4.00. The molecule has 4 heteroatoms. The van der Waals surface area contributed by atoms with Crippen LogP contribution in [-0.4, -0.2) is 18.1 Å². The number of fused-ring (bicyclic) bond motifs is 1. The van der Waals surface area contributed by atoms with E-state index in [0.717, 1.165) is 18.6 Å². The SMILES string of the molecule is COc1ccc2c(c1)CCCC2(NC(C)C)c1nccs1. The van der Waals surface area contributed by atoms with Gasteiger partial charge >= 0.3 is 0 Å². The summed E-state index contributed by atoms with van der Waals surface area (Å²) in [5.74, 6) is 0.938. The predicted octanol–water partition coefficient (Wildman–Crippen LogP) is 3.73. The Morgan fingerprint density at radius 3 is 2.90 bits per heavy atom. The van der Waals surface area contributed by atoms with E-state index in [4.69, 9.17) is 4.74 Å². The van der Waals surface area contributed by atoms with Crippen molar-refractivity contribution in [3.05, 3.63) is 45.9 Å². The van der Waals surface area contributed by atoms with Crippen LogP contribution in [0.5, 0.6) is 5.75 Å². The summed E-state index contributed by atoms with van der Waals surface area (Å²) in [6, 6.07) is 6.86. The molecule has 0 aliphatic heterocycles. The summed E-state index contributed by atoms with van der Waals surface area (Å²) in [5.41, 5.74) is 2.59. The summed E-state index contributed by atoms with van der Waals surface area (Å²) in [4.78, 5) is 4.63. The van der Waals surface area contributed by atoms with Crippen LogP contribution in [0.25, 0.3) is 0 Å². The summed E-state index contributed by atoms with van der Waals surface area (Å²) in [7, 11) is 1.73. The molecule has 3 nitrogen and oxygen atoms in total. The minimum Gasteiger partial charge on any atom is -0.497 e. The van der Waals surface area contributed by atoms with E-state index in [1.807, 2.05) is 6.20 Å². The Labute approximate surface area is 130 Å². The number of aryl methyl sites for hydroxylation is 1. The molecule has 0 amide bonds. The van der Waals surface area contributed by atoms with Crippen molar-refractivity contribution in [2.75, 3.05) is 7.11 Å². The zero-order valence-electron chi connectivity index (χ0n) is 12.8. The molecule has 1 aromatic carbocycles. The van der Waals surface area contributed by atoms with Crippen LogP contribution >= 0.6 is 11.3 Å². The van der Waals surface area contributed by atoms with E-state index in [9.17, 15) is 0 Å². The second kappa shape index (κ2) is 5.78. The average Bonchev–Trinajstić information content (AvgIpc) is 3.01. The Balaban J connectivity index is 2.14. The van der Waals surface area contributed by atoms with Crippen molar-refractivity contribution >= 4 is 11.3 Å². The lowest BCUT2D eigenvalue weighted by molar-refractivity contribution is 0.314. The highest BCUT2D eigenvalue weighted by Gasteiger charge is 2.40. The van der Waals surface area contributed by atoms with E-state index in [-0.39, 0.29) is 5.54 Å². The summed E-state index contributed by atoms with van der Waals surface area (Å²) >= 11 is 1.74. The van der Waals surface area contributed by atoms with Crippen molar-refractivity contribution in [1.82, 2.24) is 10.3 Å². The maximum atomic E-state index is 5.39. The van der Waals surface area contributed by atoms with Gasteiger partial charge in [0.25, 0.3) is 0 Å². The number of benzene rings is 1. The molecule has 0 spiro atoms. The Morgan fingerprint density at radius 1 is 1.38 bits per heavy atom. The molecule has 1 unspecified atom stereocenters. The maximum absolute atomic E-state index is 5.39. The zero-order chi connectivity index (χ0) is 14.9. The largest absolute Gasteiger partial charge is 0.497 e. The van der Waals surface area contributed by atoms with Crippen LogP contribution in [0.1, 0.15) is 42.8 Å². The molecule has 0 radical (unpaired) electrons. The third-order valence-corrected chi connectivity index (χ3v) is 5.04. The van der Waals surface area contributed by atoms with Crippen LogP contribution in [0.15, 0.2) is 29.8 Å². The first-order chi connectivity index (χ1) is 10.2. The molecule has 21 heavy (non-hydrogen) atoms. The highest BCUT2D eigenvalue weighted by molar-refractivity contribution is 7.09. The second-order valence-electron chi connectivity index (χ2n) is 5.92. The van der Waals surface area contributed by atoms with E-state index in [2.05, 4.69) is 47.7 Å². The lowest BCUT2D eigenvalue weighted by Crippen LogP contribution is -2.49. The van der Waals surface area contributed by atoms with Gasteiger partial charge in [-0.05, 0) is 56.4 Å². The molecule has 2 aromatic rings. The molecule has 1 aliphatic rings. The molecular weight excluding hydrogens is 280 g/mol. The van der Waals surface area contributed by atoms with Gasteiger partial charge in [0.1, 0.15) is 10.8 Å². The maximum Gasteiger partial charge on any atom is 0.119 e. The molecule has 0 fully saturated rings. The molecule has 0 saturated heterocycles. The number of hydrogen-bond donors (Lipinski definition) is 1. The van der Waals surface area contributed by atoms with Crippen LogP contribution < -0.4 is 10.1 Å². The van der Waals surface area contributed by atoms with Crippen LogP contribution in [0, 0.1) is 0 Å². The van der Waals surface area contributed by atoms with Gasteiger partial charge in [0.15, 0.2) is 0 Å². The molecule has 0 saturated carbocycles. The normalized spacial score (nSPS) is 21.3. The summed E-state index contributed by atoms with van der Waals surface area (Å²) in [6.45, 7) is 4.40. The predicted molar refractivity (Wildman–Crippen MR) is 87.1 cm³/mol. The first-order valence-corrected chi connectivity index (χ1v) is 8.39. The quantitative estimate of drug-likeness (QED) is 0.934. The van der Waals surface area contributed by atoms with Crippen LogP contribution in [-0.2, 0) is 12.0 Å². The van der Waals surface area contributed by atoms with E-state index in [1.165, 1.54) is 22.6 Å². The van der Waals surface area contributed by atoms with E-state index >= 15 is 0 Å². The number of hydrogen-bond acceptors (Lipinski definition) is 4. The molecule has 1 heterocycles. The number of thiazole rings is 1. The Bertz CT molecular complexity index is 609. The number of nitrogens with one attached hydrogen (secondary N) is 1.